The molecule has 0 atom stereocenters. The van der Waals surface area contributed by atoms with E-state index in [-0.39, 0.29) is 0 Å². The molecule has 0 amide bonds. The van der Waals surface area contributed by atoms with Gasteiger partial charge in [-0.1, -0.05) is 18.2 Å². The molecule has 7 nitrogen and oxygen atoms in total. The molecule has 7 heteroatoms. The zero-order chi connectivity index (χ0) is 19.1. The first-order valence-corrected chi connectivity index (χ1v) is 9.19. The summed E-state index contributed by atoms with van der Waals surface area (Å²) >= 11 is 0. The van der Waals surface area contributed by atoms with E-state index in [1.165, 1.54) is 0 Å². The number of hydrogen-bond donors (Lipinski definition) is 1. The number of H-pyrrole nitrogens is 1. The van der Waals surface area contributed by atoms with Gasteiger partial charge in [0.2, 0.25) is 0 Å². The van der Waals surface area contributed by atoms with Gasteiger partial charge >= 0.3 is 5.69 Å². The Labute approximate surface area is 160 Å². The fourth-order valence-electron chi connectivity index (χ4n) is 3.73. The van der Waals surface area contributed by atoms with Crippen molar-refractivity contribution in [3.8, 4) is 17.1 Å². The van der Waals surface area contributed by atoms with Gasteiger partial charge in [-0.15, -0.1) is 0 Å². The zero-order valence-electron chi connectivity index (χ0n) is 15.1. The van der Waals surface area contributed by atoms with Crippen LogP contribution in [0.1, 0.15) is 0 Å². The van der Waals surface area contributed by atoms with Crippen molar-refractivity contribution in [3.05, 3.63) is 75.4 Å². The van der Waals surface area contributed by atoms with E-state index < -0.39 is 11.2 Å². The number of morpholine rings is 1. The predicted molar refractivity (Wildman–Crippen MR) is 108 cm³/mol. The van der Waals surface area contributed by atoms with Crippen molar-refractivity contribution in [2.24, 2.45) is 0 Å². The summed E-state index contributed by atoms with van der Waals surface area (Å²) in [5.41, 5.74) is 2.15. The van der Waals surface area contributed by atoms with E-state index in [9.17, 15) is 9.59 Å². The number of para-hydroxylation sites is 1. The molecular weight excluding hydrogens is 356 g/mol. The summed E-state index contributed by atoms with van der Waals surface area (Å²) < 4.78 is 7.28. The van der Waals surface area contributed by atoms with Gasteiger partial charge in [0.25, 0.3) is 5.56 Å². The molecule has 1 saturated heterocycles. The molecule has 5 rings (SSSR count). The van der Waals surface area contributed by atoms with Crippen LogP contribution in [0, 0.1) is 0 Å². The molecule has 0 unspecified atom stereocenters. The molecule has 0 aromatic heterocycles. The molecule has 0 radical (unpaired) electrons. The zero-order valence-corrected chi connectivity index (χ0v) is 15.1. The van der Waals surface area contributed by atoms with Gasteiger partial charge in [-0.2, -0.15) is 4.98 Å². The van der Waals surface area contributed by atoms with Crippen LogP contribution in [0.3, 0.4) is 0 Å². The van der Waals surface area contributed by atoms with Crippen LogP contribution < -0.4 is 16.1 Å². The Morgan fingerprint density at radius 1 is 0.929 bits per heavy atom. The summed E-state index contributed by atoms with van der Waals surface area (Å²) in [6, 6.07) is 17.6. The summed E-state index contributed by atoms with van der Waals surface area (Å²) in [6.07, 6.45) is 0. The minimum atomic E-state index is -0.647. The second-order valence-electron chi connectivity index (χ2n) is 6.76. The molecule has 3 aliphatic rings. The Morgan fingerprint density at radius 2 is 1.64 bits per heavy atom. The smallest absolute Gasteiger partial charge is 0.349 e. The summed E-state index contributed by atoms with van der Waals surface area (Å²) in [4.78, 5) is 32.9. The third-order valence-electron chi connectivity index (χ3n) is 5.09. The van der Waals surface area contributed by atoms with E-state index in [0.717, 1.165) is 48.6 Å². The van der Waals surface area contributed by atoms with Crippen LogP contribution in [-0.2, 0) is 4.74 Å². The number of rotatable bonds is 2. The predicted octanol–water partition coefficient (Wildman–Crippen LogP) is 2.02. The first kappa shape index (κ1) is 16.7. The van der Waals surface area contributed by atoms with Crippen molar-refractivity contribution < 1.29 is 4.74 Å². The Hall–Kier alpha value is -3.45. The Morgan fingerprint density at radius 3 is 2.43 bits per heavy atom. The first-order valence-electron chi connectivity index (χ1n) is 9.19. The molecule has 2 aromatic rings. The molecule has 0 saturated carbocycles. The van der Waals surface area contributed by atoms with Crippen LogP contribution in [0.25, 0.3) is 28.0 Å². The number of ether oxygens (including phenoxy) is 1. The second kappa shape index (κ2) is 6.61. The lowest BCUT2D eigenvalue weighted by molar-refractivity contribution is 0.122. The highest BCUT2D eigenvalue weighted by atomic mass is 16.5. The maximum atomic E-state index is 12.4. The molecule has 1 fully saturated rings. The van der Waals surface area contributed by atoms with Crippen molar-refractivity contribution in [1.82, 2.24) is 14.5 Å². The topological polar surface area (TPSA) is 80.2 Å². The van der Waals surface area contributed by atoms with Crippen molar-refractivity contribution in [2.45, 2.75) is 0 Å². The fraction of sp³-hybridized carbons (Fsp3) is 0.190. The highest BCUT2D eigenvalue weighted by Gasteiger charge is 2.18. The molecule has 0 bridgehead atoms. The molecule has 2 aromatic carbocycles. The quantitative estimate of drug-likeness (QED) is 0.543. The molecule has 0 spiro atoms. The number of nitrogens with one attached hydrogen (secondary N) is 1. The maximum Gasteiger partial charge on any atom is 0.349 e. The van der Waals surface area contributed by atoms with Crippen molar-refractivity contribution >= 4 is 16.6 Å². The number of benzene rings is 2. The van der Waals surface area contributed by atoms with Crippen molar-refractivity contribution in [2.75, 3.05) is 31.2 Å². The number of anilines is 1. The lowest BCUT2D eigenvalue weighted by atomic mass is 10.1. The fourth-order valence-corrected chi connectivity index (χ4v) is 3.73. The minimum absolute atomic E-state index is 0.353. The van der Waals surface area contributed by atoms with Gasteiger partial charge in [0, 0.05) is 24.5 Å². The number of aromatic amines is 1. The van der Waals surface area contributed by atoms with Crippen LogP contribution in [0.5, 0.6) is 0 Å². The van der Waals surface area contributed by atoms with Crippen LogP contribution in [0.15, 0.2) is 64.2 Å². The van der Waals surface area contributed by atoms with E-state index in [1.54, 1.807) is 6.07 Å². The molecule has 140 valence electrons. The minimum Gasteiger partial charge on any atom is -0.378 e. The Balaban J connectivity index is 1.72. The van der Waals surface area contributed by atoms with Crippen LogP contribution >= 0.6 is 0 Å². The summed E-state index contributed by atoms with van der Waals surface area (Å²) in [7, 11) is 0. The average Bonchev–Trinajstić information content (AvgIpc) is 2.73. The third-order valence-corrected chi connectivity index (χ3v) is 5.09. The largest absolute Gasteiger partial charge is 0.378 e. The molecule has 0 aliphatic carbocycles. The van der Waals surface area contributed by atoms with E-state index in [4.69, 9.17) is 4.74 Å². The van der Waals surface area contributed by atoms with Crippen molar-refractivity contribution in [3.63, 3.8) is 0 Å². The maximum absolute atomic E-state index is 12.4. The summed E-state index contributed by atoms with van der Waals surface area (Å²) in [6.45, 7) is 3.17. The molecule has 1 N–H and O–H groups in total. The van der Waals surface area contributed by atoms with Gasteiger partial charge in [0.05, 0.1) is 24.3 Å². The van der Waals surface area contributed by atoms with Gasteiger partial charge in [-0.25, -0.2) is 4.79 Å². The average molecular weight is 374 g/mol. The van der Waals surface area contributed by atoms with Crippen LogP contribution in [0.4, 0.5) is 5.69 Å². The molecule has 3 aliphatic heterocycles. The van der Waals surface area contributed by atoms with Crippen molar-refractivity contribution in [1.29, 1.82) is 0 Å². The summed E-state index contributed by atoms with van der Waals surface area (Å²) in [5, 5.41) is 0.901. The number of aromatic nitrogens is 3. The second-order valence-corrected chi connectivity index (χ2v) is 6.76. The molecule has 3 heterocycles. The number of hydrogen-bond acceptors (Lipinski definition) is 5. The number of pyridine rings is 1. The summed E-state index contributed by atoms with van der Waals surface area (Å²) in [5.74, 6) is 0.353. The number of fused-ring (bicyclic) bond motifs is 2. The lowest BCUT2D eigenvalue weighted by Crippen LogP contribution is -2.36. The van der Waals surface area contributed by atoms with E-state index in [2.05, 4.69) is 14.9 Å². The monoisotopic (exact) mass is 374 g/mol. The van der Waals surface area contributed by atoms with Gasteiger partial charge in [-0.05, 0) is 41.8 Å². The number of nitrogens with zero attached hydrogens (tertiary/aromatic N) is 3. The SMILES string of the molecule is O=c1nc2n(-c3ccc(N4CCOCC4)cc3)c3ccccc3cc-2c(=O)[nH]1. The Kier molecular flexibility index (Phi) is 3.95. The van der Waals surface area contributed by atoms with Gasteiger partial charge in [0.15, 0.2) is 5.82 Å². The normalized spacial score (nSPS) is 14.6. The first-order chi connectivity index (χ1) is 13.7. The highest BCUT2D eigenvalue weighted by Crippen LogP contribution is 2.28. The lowest BCUT2D eigenvalue weighted by Gasteiger charge is -2.29. The van der Waals surface area contributed by atoms with Crippen LogP contribution in [-0.4, -0.2) is 40.8 Å². The van der Waals surface area contributed by atoms with Gasteiger partial charge in [0.1, 0.15) is 0 Å². The molecule has 28 heavy (non-hydrogen) atoms. The van der Waals surface area contributed by atoms with E-state index in [0.29, 0.717) is 11.4 Å². The van der Waals surface area contributed by atoms with E-state index >= 15 is 0 Å². The molecular formula is C21H18N4O3. The Bertz CT molecular complexity index is 1240. The van der Waals surface area contributed by atoms with Gasteiger partial charge in [-0.3, -0.25) is 14.3 Å². The van der Waals surface area contributed by atoms with E-state index in [1.807, 2.05) is 53.1 Å². The highest BCUT2D eigenvalue weighted by molar-refractivity contribution is 5.87. The standard InChI is InChI=1S/C21H18N4O3/c26-20-17-13-14-3-1-2-4-18(14)25(19(17)22-21(27)23-20)16-7-5-15(6-8-16)24-9-11-28-12-10-24/h1-8,13H,9-12H2,(H,23,26,27). The van der Waals surface area contributed by atoms with Gasteiger partial charge < -0.3 is 9.64 Å². The van der Waals surface area contributed by atoms with Crippen LogP contribution in [0.2, 0.25) is 0 Å². The third kappa shape index (κ3) is 2.76.